The predicted octanol–water partition coefficient (Wildman–Crippen LogP) is 34.8. The highest BCUT2D eigenvalue weighted by atomic mass is 15.0. The Morgan fingerprint density at radius 3 is 0.188 bits per heavy atom. The minimum atomic E-state index is 0.615. The quantitative estimate of drug-likeness (QED) is 0.0713. The summed E-state index contributed by atoms with van der Waals surface area (Å²) < 4.78 is 0. The molecule has 0 atom stereocenters. The zero-order valence-electron chi connectivity index (χ0n) is 75.6. The highest BCUT2D eigenvalue weighted by Gasteiger charge is 2.19. The summed E-state index contributed by atoms with van der Waals surface area (Å²) in [5, 5.41) is 0. The van der Waals surface area contributed by atoms with Crippen molar-refractivity contribution in [2.24, 2.45) is 0 Å². The minimum Gasteiger partial charge on any atom is -0.208 e. The molecule has 0 spiro atoms. The summed E-state index contributed by atoms with van der Waals surface area (Å²) in [6, 6.07) is 193. The molecular formula is C132H90N6. The lowest BCUT2D eigenvalue weighted by Gasteiger charge is -2.11. The molecule has 21 aromatic carbocycles. The first kappa shape index (κ1) is 85.1. The van der Waals surface area contributed by atoms with Crippen molar-refractivity contribution in [3.63, 3.8) is 0 Å². The van der Waals surface area contributed by atoms with Crippen LogP contribution in [-0.2, 0) is 0 Å². The first-order valence-electron chi connectivity index (χ1n) is 46.7. The molecule has 23 aromatic rings. The summed E-state index contributed by atoms with van der Waals surface area (Å²) in [6.45, 7) is 0. The van der Waals surface area contributed by atoms with E-state index in [4.69, 9.17) is 29.9 Å². The van der Waals surface area contributed by atoms with E-state index < -0.39 is 0 Å². The van der Waals surface area contributed by atoms with Gasteiger partial charge in [-0.05, 0) is 167 Å². The second-order valence-electron chi connectivity index (χ2n) is 34.5. The topological polar surface area (TPSA) is 77.3 Å². The molecular weight excluding hydrogens is 1670 g/mol. The standard InChI is InChI=1S/C75H51N3.C57H39N3/c1-4-10-52(11-5-1)55-16-22-58(23-17-55)61-28-34-64(35-29-61)67-40-46-70(47-41-67)73-76-74(71-48-42-68(43-49-71)65-36-30-62(31-37-65)59-24-18-56(19-25-59)53-12-6-2-7-13-53)78-75(77-73)72-50-44-69(45-51-72)66-38-32-63(33-39-66)60-26-20-57(21-27-60)54-14-8-3-9-15-54;1-4-10-40(11-5-1)43-16-22-46(23-17-43)49-28-34-52(35-29-49)55-58-56(53-36-30-50(31-37-53)47-24-18-44(19-25-47)41-12-6-2-7-13-41)60-57(59-55)54-38-32-51(33-39-54)48-26-20-45(21-27-48)42-14-8-3-9-15-42/h1-51H;1-39H. The van der Waals surface area contributed by atoms with Crippen LogP contribution in [0.4, 0.5) is 0 Å². The minimum absolute atomic E-state index is 0.615. The molecule has 0 bridgehead atoms. The number of nitrogens with zero attached hydrogens (tertiary/aromatic N) is 6. The maximum absolute atomic E-state index is 5.14. The fourth-order valence-electron chi connectivity index (χ4n) is 17.9. The van der Waals surface area contributed by atoms with Gasteiger partial charge in [0.25, 0.3) is 0 Å². The van der Waals surface area contributed by atoms with Gasteiger partial charge in [0.05, 0.1) is 0 Å². The molecule has 0 saturated carbocycles. The van der Waals surface area contributed by atoms with E-state index in [-0.39, 0.29) is 0 Å². The average Bonchev–Trinajstić information content (AvgIpc) is 0.789. The molecule has 0 fully saturated rings. The number of hydrogen-bond donors (Lipinski definition) is 0. The third-order valence-electron chi connectivity index (χ3n) is 25.7. The summed E-state index contributed by atoms with van der Waals surface area (Å²) in [5.41, 5.74) is 40.8. The van der Waals surface area contributed by atoms with Crippen LogP contribution in [0.2, 0.25) is 0 Å². The van der Waals surface area contributed by atoms with Crippen LogP contribution in [0.3, 0.4) is 0 Å². The fraction of sp³-hybridized carbons (Fsp3) is 0. The molecule has 0 aliphatic carbocycles. The molecule has 23 rings (SSSR count). The summed E-state index contributed by atoms with van der Waals surface area (Å²) >= 11 is 0. The van der Waals surface area contributed by atoms with E-state index in [0.29, 0.717) is 34.9 Å². The van der Waals surface area contributed by atoms with Gasteiger partial charge < -0.3 is 0 Å². The van der Waals surface area contributed by atoms with Crippen LogP contribution in [-0.4, -0.2) is 29.9 Å². The Kier molecular flexibility index (Phi) is 24.4. The van der Waals surface area contributed by atoms with Crippen LogP contribution in [0.1, 0.15) is 0 Å². The predicted molar refractivity (Wildman–Crippen MR) is 574 cm³/mol. The molecule has 0 aliphatic rings. The van der Waals surface area contributed by atoms with E-state index >= 15 is 0 Å². The van der Waals surface area contributed by atoms with Gasteiger partial charge in [-0.3, -0.25) is 0 Å². The normalized spacial score (nSPS) is 11.0. The van der Waals surface area contributed by atoms with Crippen molar-refractivity contribution in [3.8, 4) is 235 Å². The lowest BCUT2D eigenvalue weighted by Crippen LogP contribution is -2.00. The Morgan fingerprint density at radius 2 is 0.116 bits per heavy atom. The molecule has 6 heteroatoms. The summed E-state index contributed by atoms with van der Waals surface area (Å²) in [7, 11) is 0. The Bertz CT molecular complexity index is 7250. The lowest BCUT2D eigenvalue weighted by atomic mass is 9.97. The Morgan fingerprint density at radius 1 is 0.0580 bits per heavy atom. The molecule has 0 amide bonds. The Balaban J connectivity index is 0.000000165. The maximum Gasteiger partial charge on any atom is 0.164 e. The molecule has 0 saturated heterocycles. The van der Waals surface area contributed by atoms with Gasteiger partial charge in [0, 0.05) is 33.4 Å². The van der Waals surface area contributed by atoms with Crippen LogP contribution < -0.4 is 0 Å². The van der Waals surface area contributed by atoms with Gasteiger partial charge in [0.2, 0.25) is 0 Å². The smallest absolute Gasteiger partial charge is 0.164 e. The molecule has 0 unspecified atom stereocenters. The zero-order chi connectivity index (χ0) is 92.1. The second kappa shape index (κ2) is 39.6. The van der Waals surface area contributed by atoms with Crippen molar-refractivity contribution in [3.05, 3.63) is 546 Å². The van der Waals surface area contributed by atoms with Gasteiger partial charge in [-0.1, -0.05) is 546 Å². The average molecular weight is 1760 g/mol. The third-order valence-corrected chi connectivity index (χ3v) is 25.7. The van der Waals surface area contributed by atoms with Crippen molar-refractivity contribution in [1.82, 2.24) is 29.9 Å². The van der Waals surface area contributed by atoms with Gasteiger partial charge in [-0.2, -0.15) is 0 Å². The van der Waals surface area contributed by atoms with E-state index in [0.717, 1.165) is 100 Å². The van der Waals surface area contributed by atoms with Crippen molar-refractivity contribution in [2.45, 2.75) is 0 Å². The fourth-order valence-corrected chi connectivity index (χ4v) is 17.9. The second-order valence-corrected chi connectivity index (χ2v) is 34.5. The summed E-state index contributed by atoms with van der Waals surface area (Å²) in [4.78, 5) is 30.6. The highest BCUT2D eigenvalue weighted by Crippen LogP contribution is 2.39. The molecule has 0 radical (unpaired) electrons. The number of benzene rings is 21. The molecule has 2 heterocycles. The van der Waals surface area contributed by atoms with E-state index in [9.17, 15) is 0 Å². The number of rotatable bonds is 21. The molecule has 0 N–H and O–H groups in total. The molecule has 138 heavy (non-hydrogen) atoms. The van der Waals surface area contributed by atoms with E-state index in [2.05, 4.69) is 528 Å². The molecule has 648 valence electrons. The van der Waals surface area contributed by atoms with Crippen molar-refractivity contribution in [2.75, 3.05) is 0 Å². The van der Waals surface area contributed by atoms with Crippen LogP contribution in [0, 0.1) is 0 Å². The number of hydrogen-bond acceptors (Lipinski definition) is 6. The summed E-state index contributed by atoms with van der Waals surface area (Å²) in [5.74, 6) is 3.72. The number of aromatic nitrogens is 6. The molecule has 2 aromatic heterocycles. The van der Waals surface area contributed by atoms with E-state index in [1.807, 2.05) is 18.2 Å². The van der Waals surface area contributed by atoms with Crippen molar-refractivity contribution < 1.29 is 0 Å². The zero-order valence-corrected chi connectivity index (χ0v) is 75.6. The van der Waals surface area contributed by atoms with Crippen molar-refractivity contribution in [1.29, 1.82) is 0 Å². The van der Waals surface area contributed by atoms with Gasteiger partial charge in [-0.25, -0.2) is 29.9 Å². The SMILES string of the molecule is c1ccc(-c2ccc(-c3ccc(-c4ccc(-c5nc(-c6ccc(-c7ccc(-c8ccc(-c9ccccc9)cc8)cc7)cc6)nc(-c6ccc(-c7ccc(-c8ccc(-c9ccccc9)cc8)cc7)cc6)n5)cc4)cc3)cc2)cc1.c1ccc(-c2ccc(-c3ccc(-c4nc(-c5ccc(-c6ccc(-c7ccccc7)cc6)cc5)nc(-c5ccc(-c6ccc(-c7ccccc7)cc6)cc5)n4)cc3)cc2)cc1. The van der Waals surface area contributed by atoms with Crippen LogP contribution in [0.25, 0.3) is 235 Å². The van der Waals surface area contributed by atoms with Crippen LogP contribution in [0.15, 0.2) is 546 Å². The highest BCUT2D eigenvalue weighted by molar-refractivity contribution is 5.84. The first-order valence-corrected chi connectivity index (χ1v) is 46.7. The van der Waals surface area contributed by atoms with Crippen LogP contribution >= 0.6 is 0 Å². The van der Waals surface area contributed by atoms with E-state index in [1.54, 1.807) is 0 Å². The van der Waals surface area contributed by atoms with Gasteiger partial charge in [0.15, 0.2) is 34.9 Å². The maximum atomic E-state index is 5.14. The van der Waals surface area contributed by atoms with Crippen molar-refractivity contribution >= 4 is 0 Å². The van der Waals surface area contributed by atoms with Gasteiger partial charge in [-0.15, -0.1) is 0 Å². The largest absolute Gasteiger partial charge is 0.208 e. The third kappa shape index (κ3) is 19.3. The Labute approximate surface area is 805 Å². The van der Waals surface area contributed by atoms with E-state index in [1.165, 1.54) is 100 Å². The van der Waals surface area contributed by atoms with Gasteiger partial charge >= 0.3 is 0 Å². The Hall–Kier alpha value is -18.4. The molecule has 0 aliphatic heterocycles. The molecule has 6 nitrogen and oxygen atoms in total. The summed E-state index contributed by atoms with van der Waals surface area (Å²) in [6.07, 6.45) is 0. The van der Waals surface area contributed by atoms with Gasteiger partial charge in [0.1, 0.15) is 0 Å². The van der Waals surface area contributed by atoms with Crippen LogP contribution in [0.5, 0.6) is 0 Å². The first-order chi connectivity index (χ1) is 68.3. The monoisotopic (exact) mass is 1760 g/mol. The lowest BCUT2D eigenvalue weighted by molar-refractivity contribution is 1.07.